The van der Waals surface area contributed by atoms with Crippen molar-refractivity contribution in [3.8, 4) is 0 Å². The fourth-order valence-corrected chi connectivity index (χ4v) is 18.8. The number of carboxylic acid groups (broad SMARTS) is 2. The quantitative estimate of drug-likeness (QED) is 0.0199. The first kappa shape index (κ1) is 123. The summed E-state index contributed by atoms with van der Waals surface area (Å²) in [5.41, 5.74) is 0. The number of hydrogen-bond donors (Lipinski definition) is 28. The zero-order chi connectivity index (χ0) is 104. The molecule has 7 aliphatic heterocycles. The van der Waals surface area contributed by atoms with Crippen molar-refractivity contribution in [2.24, 2.45) is 0 Å². The molecule has 0 aromatic rings. The molecule has 39 atom stereocenters. The average Bonchev–Trinajstić information content (AvgIpc) is 0.743. The zero-order valence-corrected chi connectivity index (χ0v) is 81.2. The summed E-state index contributed by atoms with van der Waals surface area (Å²) in [6.07, 6.45) is -43.5. The van der Waals surface area contributed by atoms with Gasteiger partial charge in [0.2, 0.25) is 29.5 Å². The maximum atomic E-state index is 14.2. The van der Waals surface area contributed by atoms with E-state index in [0.717, 1.165) is 98.3 Å². The molecule has 7 fully saturated rings. The minimum atomic E-state index is -3.56. The first-order valence-corrected chi connectivity index (χ1v) is 49.7. The van der Waals surface area contributed by atoms with E-state index in [0.29, 0.717) is 12.8 Å². The summed E-state index contributed by atoms with van der Waals surface area (Å²) < 4.78 is 85.9. The minimum Gasteiger partial charge on any atom is -0.477 e. The Morgan fingerprint density at radius 2 is 0.709 bits per heavy atom. The second-order valence-corrected chi connectivity index (χ2v) is 37.8. The molecule has 0 saturated carbocycles. The molecule has 7 saturated heterocycles. The summed E-state index contributed by atoms with van der Waals surface area (Å²) in [5, 5.41) is 276. The second kappa shape index (κ2) is 61.6. The summed E-state index contributed by atoms with van der Waals surface area (Å²) in [4.78, 5) is 93.9. The summed E-state index contributed by atoms with van der Waals surface area (Å²) in [6, 6.07) is -9.17. The predicted molar refractivity (Wildman–Crippen MR) is 484 cm³/mol. The van der Waals surface area contributed by atoms with Crippen LogP contribution in [0.4, 0.5) is 0 Å². The molecule has 0 radical (unpaired) electrons. The Balaban J connectivity index is 1.23. The molecule has 28 N–H and O–H groups in total. The van der Waals surface area contributed by atoms with Gasteiger partial charge in [-0.25, -0.2) is 9.59 Å². The lowest BCUT2D eigenvalue weighted by Crippen LogP contribution is -2.73. The van der Waals surface area contributed by atoms with Gasteiger partial charge in [-0.1, -0.05) is 180 Å². The highest BCUT2D eigenvalue weighted by Gasteiger charge is 2.65. The number of ether oxygens (including phenoxy) is 14. The van der Waals surface area contributed by atoms with Gasteiger partial charge < -0.3 is 210 Å². The smallest absolute Gasteiger partial charge is 0.364 e. The Hall–Kier alpha value is -5.37. The third kappa shape index (κ3) is 35.1. The number of rotatable bonds is 63. The Morgan fingerprint density at radius 3 is 1.10 bits per heavy atom. The number of aliphatic hydroxyl groups is 21. The number of allylic oxidation sites excluding steroid dienone is 1. The Kier molecular flexibility index (Phi) is 53.5. The standard InChI is InChI=1S/C92H161N5O44/c1-7-9-11-13-15-17-19-21-22-24-26-28-30-32-34-36-62(114)97-51(52(109)35-33-31-29-27-25-23-20-18-16-14-12-10-8-2)46-128-86-73(121)72(120)76(59(43-102)131-86)134-87-74(122)82(140-91(89(124)125)37-53(110)63(93-47(3)105)80(138-91)67(115)55(112)39-98)78(61(45-104)132-87)136-85-66(96-50(6)108)79(70(118)58(42-101)130-85)137-88-75(123)83(77(60(44-103)133-88)135-84-65(95-49(5)107)71(119)69(117)57(41-100)129-84)141-92(90(126)127)38-54(111)64(94-48(4)106)81(139-92)68(116)56(113)40-99/h33,35,51-61,63-88,98-104,109-113,115-123H,7-32,34,36-46H2,1-6H3,(H,93,105)(H,94,106)(H,95,107)(H,96,108)(H,97,114)(H,124,125)(H,126,127)/b35-33+/t51-,52+,53?,54?,55+,56+,57?,58?,59?,60?,61?,63+,64+,65?,66?,67+,68+,69-,70-,71+,72+,73?,74?,75?,76+,77-,78-,79+,80?,81?,82+,83+,84-,85-,86+,87-,88-,91-,92-/m0/s1. The number of carbonyl (C=O) groups excluding carboxylic acids is 5. The first-order chi connectivity index (χ1) is 67.2. The molecule has 49 heteroatoms. The molecule has 7 aliphatic rings. The number of aliphatic carboxylic acids is 2. The lowest BCUT2D eigenvalue weighted by atomic mass is 9.88. The molecule has 141 heavy (non-hydrogen) atoms. The fourth-order valence-electron chi connectivity index (χ4n) is 18.8. The van der Waals surface area contributed by atoms with Crippen LogP contribution in [-0.2, 0) is 99.9 Å². The molecule has 818 valence electrons. The van der Waals surface area contributed by atoms with E-state index in [4.69, 9.17) is 66.3 Å². The maximum Gasteiger partial charge on any atom is 0.364 e. The minimum absolute atomic E-state index is 0.0741. The van der Waals surface area contributed by atoms with Gasteiger partial charge in [-0.3, -0.25) is 24.0 Å². The van der Waals surface area contributed by atoms with E-state index < -0.39 is 345 Å². The van der Waals surface area contributed by atoms with E-state index in [2.05, 4.69) is 40.4 Å². The molecule has 49 nitrogen and oxygen atoms in total. The predicted octanol–water partition coefficient (Wildman–Crippen LogP) is -5.90. The Morgan fingerprint density at radius 1 is 0.369 bits per heavy atom. The number of carbonyl (C=O) groups is 7. The van der Waals surface area contributed by atoms with Crippen LogP contribution >= 0.6 is 0 Å². The van der Waals surface area contributed by atoms with Crippen LogP contribution < -0.4 is 26.6 Å². The molecule has 0 spiro atoms. The van der Waals surface area contributed by atoms with Gasteiger partial charge in [0, 0.05) is 47.0 Å². The maximum absolute atomic E-state index is 14.2. The van der Waals surface area contributed by atoms with Crippen LogP contribution in [0.1, 0.15) is 234 Å². The van der Waals surface area contributed by atoms with Crippen LogP contribution in [0.2, 0.25) is 0 Å². The van der Waals surface area contributed by atoms with Gasteiger partial charge in [-0.15, -0.1) is 0 Å². The van der Waals surface area contributed by atoms with Crippen molar-refractivity contribution in [3.63, 3.8) is 0 Å². The van der Waals surface area contributed by atoms with Gasteiger partial charge in [0.25, 0.3) is 11.6 Å². The largest absolute Gasteiger partial charge is 0.477 e. The fraction of sp³-hybridized carbons (Fsp3) is 0.902. The molecule has 7 rings (SSSR count). The summed E-state index contributed by atoms with van der Waals surface area (Å²) in [5.74, 6) is -16.0. The van der Waals surface area contributed by atoms with Crippen LogP contribution in [-0.4, -0.2) is 450 Å². The Labute approximate surface area is 819 Å². The lowest BCUT2D eigenvalue weighted by molar-refractivity contribution is -0.408. The molecular weight excluding hydrogens is 1880 g/mol. The molecule has 0 aromatic heterocycles. The van der Waals surface area contributed by atoms with Gasteiger partial charge in [-0.05, 0) is 19.3 Å². The first-order valence-electron chi connectivity index (χ1n) is 49.7. The van der Waals surface area contributed by atoms with E-state index in [1.807, 2.05) is 0 Å². The van der Waals surface area contributed by atoms with Crippen LogP contribution in [0, 0.1) is 0 Å². The van der Waals surface area contributed by atoms with Gasteiger partial charge in [0.05, 0.1) is 89.3 Å². The number of unbranched alkanes of at least 4 members (excludes halogenated alkanes) is 25. The SMILES string of the molecule is CCCCCCCCCCCCC/C=C/[C@@H](O)[C@H](CO[C@@H]1OC(CO)[C@@H](O[C@@H]2OC(CO)[C@H](O[C@@H]3OC(CO)[C@H](O)[C@H](O[C@@H]4OC(CO)[C@H](O[C@@H]5OC(CO)[C@H](O)[C@H](O)C5NC(C)=O)[C@H](O[C@]5(C(=O)O)CC(O)[C@@H](NC(C)=O)C([C@H](O)[C@H](O)CO)O5)C4O)C3NC(C)=O)[C@H](O[C@]3(C(=O)O)CC(O)[C@@H](NC(C)=O)C([C@H](O)[C@H](O)CO)O3)C2O)[C@H](O)C1O)NC(=O)CCCCCCCCCCCCCCCCC. The molecule has 7 heterocycles. The highest BCUT2D eigenvalue weighted by Crippen LogP contribution is 2.44. The topological polar surface area (TPSA) is 774 Å². The third-order valence-corrected chi connectivity index (χ3v) is 26.6. The van der Waals surface area contributed by atoms with Gasteiger partial charge >= 0.3 is 11.9 Å². The second-order valence-electron chi connectivity index (χ2n) is 37.8. The van der Waals surface area contributed by atoms with Crippen molar-refractivity contribution in [3.05, 3.63) is 12.2 Å². The number of carboxylic acids is 2. The van der Waals surface area contributed by atoms with E-state index >= 15 is 0 Å². The summed E-state index contributed by atoms with van der Waals surface area (Å²) in [6.45, 7) is -1.57. The van der Waals surface area contributed by atoms with E-state index in [1.165, 1.54) is 96.0 Å². The van der Waals surface area contributed by atoms with Crippen LogP contribution in [0.15, 0.2) is 12.2 Å². The molecular formula is C92H161N5O44. The molecule has 0 aliphatic carbocycles. The molecule has 0 aromatic carbocycles. The highest BCUT2D eigenvalue weighted by molar-refractivity contribution is 5.78. The monoisotopic (exact) mass is 2040 g/mol. The third-order valence-electron chi connectivity index (χ3n) is 26.6. The number of nitrogens with one attached hydrogen (secondary N) is 5. The Bertz CT molecular complexity index is 3670. The van der Waals surface area contributed by atoms with Crippen molar-refractivity contribution in [1.29, 1.82) is 0 Å². The van der Waals surface area contributed by atoms with Crippen LogP contribution in [0.3, 0.4) is 0 Å². The average molecular weight is 2040 g/mol. The molecule has 0 bridgehead atoms. The van der Waals surface area contributed by atoms with Crippen LogP contribution in [0.25, 0.3) is 0 Å². The molecule has 14 unspecified atom stereocenters. The number of aliphatic hydroxyl groups excluding tert-OH is 21. The van der Waals surface area contributed by atoms with Crippen molar-refractivity contribution >= 4 is 41.5 Å². The van der Waals surface area contributed by atoms with Crippen molar-refractivity contribution in [2.75, 3.05) is 52.9 Å². The van der Waals surface area contributed by atoms with Gasteiger partial charge in [-0.2, -0.15) is 0 Å². The highest BCUT2D eigenvalue weighted by atomic mass is 16.8. The normalized spacial score (nSPS) is 36.1. The lowest BCUT2D eigenvalue weighted by Gasteiger charge is -2.53. The van der Waals surface area contributed by atoms with Gasteiger partial charge in [0.15, 0.2) is 31.5 Å². The number of amides is 5. The summed E-state index contributed by atoms with van der Waals surface area (Å²) >= 11 is 0. The van der Waals surface area contributed by atoms with Crippen molar-refractivity contribution in [1.82, 2.24) is 26.6 Å². The summed E-state index contributed by atoms with van der Waals surface area (Å²) in [7, 11) is 0. The zero-order valence-electron chi connectivity index (χ0n) is 81.2. The van der Waals surface area contributed by atoms with Gasteiger partial charge in [0.1, 0.15) is 159 Å². The van der Waals surface area contributed by atoms with E-state index in [1.54, 1.807) is 6.08 Å². The van der Waals surface area contributed by atoms with E-state index in [-0.39, 0.29) is 6.42 Å². The van der Waals surface area contributed by atoms with E-state index in [9.17, 15) is 151 Å². The van der Waals surface area contributed by atoms with Crippen molar-refractivity contribution < 1.29 is 217 Å². The van der Waals surface area contributed by atoms with Crippen LogP contribution in [0.5, 0.6) is 0 Å². The van der Waals surface area contributed by atoms with Crippen molar-refractivity contribution in [2.45, 2.75) is 472 Å². The molecule has 5 amide bonds. The number of hydrogen-bond acceptors (Lipinski definition) is 42.